The fourth-order valence-corrected chi connectivity index (χ4v) is 5.91. The van der Waals surface area contributed by atoms with E-state index in [9.17, 15) is 21.6 Å². The lowest BCUT2D eigenvalue weighted by Crippen LogP contribution is -2.34. The lowest BCUT2D eigenvalue weighted by Gasteiger charge is -2.29. The molecule has 1 aromatic heterocycles. The minimum Gasteiger partial charge on any atom is -0.497 e. The maximum absolute atomic E-state index is 13.6. The largest absolute Gasteiger partial charge is 0.497 e. The van der Waals surface area contributed by atoms with Crippen LogP contribution in [0.1, 0.15) is 23.2 Å². The molecule has 0 saturated heterocycles. The predicted molar refractivity (Wildman–Crippen MR) is 112 cm³/mol. The number of methoxy groups -OCH3 is 1. The van der Waals surface area contributed by atoms with Gasteiger partial charge in [-0.1, -0.05) is 6.07 Å². The van der Waals surface area contributed by atoms with Gasteiger partial charge in [0, 0.05) is 17.1 Å². The zero-order valence-electron chi connectivity index (χ0n) is 17.4. The quantitative estimate of drug-likeness (QED) is 0.592. The summed E-state index contributed by atoms with van der Waals surface area (Å²) in [6, 6.07) is 9.25. The molecule has 9 heteroatoms. The first-order valence-corrected chi connectivity index (χ1v) is 11.3. The molecule has 0 spiro atoms. The van der Waals surface area contributed by atoms with Crippen LogP contribution in [0.25, 0.3) is 10.9 Å². The minimum absolute atomic E-state index is 0.244. The van der Waals surface area contributed by atoms with E-state index in [1.807, 2.05) is 14.1 Å². The Morgan fingerprint density at radius 1 is 1.13 bits per heavy atom. The van der Waals surface area contributed by atoms with Gasteiger partial charge in [0.25, 0.3) is 10.0 Å². The van der Waals surface area contributed by atoms with Crippen LogP contribution >= 0.6 is 0 Å². The van der Waals surface area contributed by atoms with Gasteiger partial charge in [0.15, 0.2) is 0 Å². The van der Waals surface area contributed by atoms with Gasteiger partial charge in [-0.3, -0.25) is 0 Å². The first-order valence-electron chi connectivity index (χ1n) is 9.83. The summed E-state index contributed by atoms with van der Waals surface area (Å²) in [4.78, 5) is 1.72. The molecule has 0 fully saturated rings. The van der Waals surface area contributed by atoms with Crippen LogP contribution in [0.2, 0.25) is 0 Å². The zero-order valence-corrected chi connectivity index (χ0v) is 18.2. The van der Waals surface area contributed by atoms with Crippen LogP contribution in [-0.4, -0.2) is 44.5 Å². The van der Waals surface area contributed by atoms with Crippen molar-refractivity contribution in [2.24, 2.45) is 0 Å². The van der Waals surface area contributed by atoms with Gasteiger partial charge < -0.3 is 9.64 Å². The molecule has 0 saturated carbocycles. The van der Waals surface area contributed by atoms with Crippen LogP contribution < -0.4 is 4.74 Å². The lowest BCUT2D eigenvalue weighted by atomic mass is 9.91. The van der Waals surface area contributed by atoms with Crippen LogP contribution in [0.15, 0.2) is 47.4 Å². The van der Waals surface area contributed by atoms with Crippen molar-refractivity contribution in [3.05, 3.63) is 59.3 Å². The molecule has 1 unspecified atom stereocenters. The number of hydrogen-bond donors (Lipinski definition) is 0. The van der Waals surface area contributed by atoms with Gasteiger partial charge in [0.05, 0.1) is 23.1 Å². The van der Waals surface area contributed by atoms with E-state index in [1.54, 1.807) is 18.2 Å². The number of likely N-dealkylation sites (N-methyl/N-ethyl adjacent to an activating group) is 1. The predicted octanol–water partition coefficient (Wildman–Crippen LogP) is 4.32. The zero-order chi connectivity index (χ0) is 22.6. The standard InChI is InChI=1S/C22H23F3N2O3S/c1-26(2)15-7-9-20-18(12-15)19-13-16(30-3)8-10-21(19)27(20)31(28,29)17-6-4-5-14(11-17)22(23,24)25/h4-6,8,10-11,13,15H,7,9,12H2,1-3H3. The van der Waals surface area contributed by atoms with Crippen LogP contribution in [-0.2, 0) is 29.0 Å². The molecule has 1 aliphatic rings. The summed E-state index contributed by atoms with van der Waals surface area (Å²) in [6.07, 6.45) is -2.72. The van der Waals surface area contributed by atoms with Crippen molar-refractivity contribution >= 4 is 20.9 Å². The monoisotopic (exact) mass is 452 g/mol. The summed E-state index contributed by atoms with van der Waals surface area (Å²) < 4.78 is 73.3. The minimum atomic E-state index is -4.63. The molecule has 5 nitrogen and oxygen atoms in total. The van der Waals surface area contributed by atoms with E-state index >= 15 is 0 Å². The summed E-state index contributed by atoms with van der Waals surface area (Å²) in [7, 11) is 1.25. The maximum atomic E-state index is 13.6. The van der Waals surface area contributed by atoms with Crippen molar-refractivity contribution in [3.63, 3.8) is 0 Å². The first-order chi connectivity index (χ1) is 14.5. The molecule has 0 radical (unpaired) electrons. The van der Waals surface area contributed by atoms with Gasteiger partial charge in [-0.15, -0.1) is 0 Å². The van der Waals surface area contributed by atoms with Crippen molar-refractivity contribution in [2.75, 3.05) is 21.2 Å². The Balaban J connectivity index is 1.96. The van der Waals surface area contributed by atoms with Crippen LogP contribution in [0.5, 0.6) is 5.75 Å². The van der Waals surface area contributed by atoms with Crippen molar-refractivity contribution in [2.45, 2.75) is 36.4 Å². The summed E-state index contributed by atoms with van der Waals surface area (Å²) in [5, 5.41) is 0.747. The summed E-state index contributed by atoms with van der Waals surface area (Å²) >= 11 is 0. The first kappa shape index (κ1) is 21.7. The average Bonchev–Trinajstić information content (AvgIpc) is 3.06. The highest BCUT2D eigenvalue weighted by molar-refractivity contribution is 7.90. The van der Waals surface area contributed by atoms with E-state index < -0.39 is 21.8 Å². The second-order valence-corrected chi connectivity index (χ2v) is 9.75. The summed E-state index contributed by atoms with van der Waals surface area (Å²) in [5.41, 5.74) is 0.976. The van der Waals surface area contributed by atoms with Gasteiger partial charge >= 0.3 is 6.18 Å². The van der Waals surface area contributed by atoms with E-state index in [4.69, 9.17) is 4.74 Å². The number of fused-ring (bicyclic) bond motifs is 3. The molecular formula is C22H23F3N2O3S. The Hall–Kier alpha value is -2.52. The molecule has 0 bridgehead atoms. The third-order valence-electron chi connectivity index (χ3n) is 5.93. The Bertz CT molecular complexity index is 1250. The van der Waals surface area contributed by atoms with Gasteiger partial charge in [-0.05, 0) is 75.3 Å². The number of ether oxygens (including phenoxy) is 1. The normalized spacial score (nSPS) is 17.2. The molecule has 31 heavy (non-hydrogen) atoms. The van der Waals surface area contributed by atoms with E-state index in [0.717, 1.165) is 29.5 Å². The molecule has 3 aromatic rings. The fourth-order valence-electron chi connectivity index (χ4n) is 4.26. The van der Waals surface area contributed by atoms with Gasteiger partial charge in [-0.25, -0.2) is 12.4 Å². The van der Waals surface area contributed by atoms with E-state index in [2.05, 4.69) is 4.90 Å². The third kappa shape index (κ3) is 3.70. The summed E-state index contributed by atoms with van der Waals surface area (Å²) in [6.45, 7) is 0. The van der Waals surface area contributed by atoms with Gasteiger partial charge in [0.1, 0.15) is 5.75 Å². The lowest BCUT2D eigenvalue weighted by molar-refractivity contribution is -0.137. The van der Waals surface area contributed by atoms with Crippen molar-refractivity contribution in [3.8, 4) is 5.75 Å². The number of aromatic nitrogens is 1. The van der Waals surface area contributed by atoms with Gasteiger partial charge in [-0.2, -0.15) is 13.2 Å². The number of benzene rings is 2. The summed E-state index contributed by atoms with van der Waals surface area (Å²) in [5.74, 6) is 0.593. The van der Waals surface area contributed by atoms with E-state index in [-0.39, 0.29) is 10.9 Å². The number of alkyl halides is 3. The highest BCUT2D eigenvalue weighted by atomic mass is 32.2. The van der Waals surface area contributed by atoms with Gasteiger partial charge in [0.2, 0.25) is 0 Å². The molecule has 4 rings (SSSR count). The van der Waals surface area contributed by atoms with Crippen molar-refractivity contribution < 1.29 is 26.3 Å². The average molecular weight is 452 g/mol. The van der Waals surface area contributed by atoms with E-state index in [1.165, 1.54) is 17.1 Å². The molecule has 0 amide bonds. The van der Waals surface area contributed by atoms with Crippen LogP contribution in [0.4, 0.5) is 13.2 Å². The fraction of sp³-hybridized carbons (Fsp3) is 0.364. The molecule has 1 heterocycles. The van der Waals surface area contributed by atoms with Crippen molar-refractivity contribution in [1.29, 1.82) is 0 Å². The Kier molecular flexibility index (Phi) is 5.29. The molecular weight excluding hydrogens is 429 g/mol. The SMILES string of the molecule is COc1ccc2c(c1)c1c(n2S(=O)(=O)c2cccc(C(F)(F)F)c2)CCC(N(C)C)C1. The van der Waals surface area contributed by atoms with Crippen molar-refractivity contribution in [1.82, 2.24) is 8.87 Å². The maximum Gasteiger partial charge on any atom is 0.416 e. The number of halogens is 3. The number of nitrogens with zero attached hydrogens (tertiary/aromatic N) is 2. The van der Waals surface area contributed by atoms with Crippen LogP contribution in [0.3, 0.4) is 0 Å². The van der Waals surface area contributed by atoms with Crippen LogP contribution in [0, 0.1) is 0 Å². The molecule has 2 aromatic carbocycles. The number of rotatable bonds is 4. The molecule has 1 aliphatic carbocycles. The smallest absolute Gasteiger partial charge is 0.416 e. The molecule has 166 valence electrons. The number of hydrogen-bond acceptors (Lipinski definition) is 4. The highest BCUT2D eigenvalue weighted by Crippen LogP contribution is 2.38. The second kappa shape index (κ2) is 7.56. The van der Waals surface area contributed by atoms with E-state index in [0.29, 0.717) is 35.9 Å². The highest BCUT2D eigenvalue weighted by Gasteiger charge is 2.34. The Morgan fingerprint density at radius 3 is 2.52 bits per heavy atom. The molecule has 0 aliphatic heterocycles. The molecule has 1 atom stereocenters. The Morgan fingerprint density at radius 2 is 1.87 bits per heavy atom. The second-order valence-electron chi connectivity index (χ2n) is 7.96. The third-order valence-corrected chi connectivity index (χ3v) is 7.67. The topological polar surface area (TPSA) is 51.5 Å². The Labute approximate surface area is 179 Å². The molecule has 0 N–H and O–H groups in total.